The maximum Gasteiger partial charge on any atom is 0.165 e. The second-order valence-electron chi connectivity index (χ2n) is 6.19. The van der Waals surface area contributed by atoms with Crippen molar-refractivity contribution in [2.75, 3.05) is 20.2 Å². The lowest BCUT2D eigenvalue weighted by Gasteiger charge is -2.32. The molecule has 0 radical (unpaired) electrons. The quantitative estimate of drug-likeness (QED) is 0.922. The van der Waals surface area contributed by atoms with Crippen LogP contribution in [0.5, 0.6) is 5.75 Å². The third-order valence-corrected chi connectivity index (χ3v) is 4.68. The fourth-order valence-electron chi connectivity index (χ4n) is 3.54. The fourth-order valence-corrected chi connectivity index (χ4v) is 3.54. The number of benzene rings is 1. The SMILES string of the molecule is COc1ccc(C2CNCC(CC3CCCC3)O2)cc1F. The first kappa shape index (κ1) is 14.8. The Morgan fingerprint density at radius 2 is 2.10 bits per heavy atom. The molecule has 3 rings (SSSR count). The van der Waals surface area contributed by atoms with Crippen LogP contribution in [0.1, 0.15) is 43.8 Å². The Labute approximate surface area is 125 Å². The molecule has 1 aromatic carbocycles. The van der Waals surface area contributed by atoms with E-state index in [9.17, 15) is 4.39 Å². The van der Waals surface area contributed by atoms with Gasteiger partial charge < -0.3 is 14.8 Å². The average molecular weight is 293 g/mol. The van der Waals surface area contributed by atoms with Crippen LogP contribution in [0.3, 0.4) is 0 Å². The van der Waals surface area contributed by atoms with Crippen molar-refractivity contribution in [3.63, 3.8) is 0 Å². The van der Waals surface area contributed by atoms with Crippen LogP contribution >= 0.6 is 0 Å². The van der Waals surface area contributed by atoms with Crippen LogP contribution in [-0.4, -0.2) is 26.3 Å². The number of ether oxygens (including phenoxy) is 2. The third kappa shape index (κ3) is 3.55. The first-order valence-electron chi connectivity index (χ1n) is 7.96. The molecule has 1 aromatic rings. The minimum absolute atomic E-state index is 0.0643. The molecular formula is C17H24FNO2. The van der Waals surface area contributed by atoms with Gasteiger partial charge in [0, 0.05) is 13.1 Å². The molecule has 1 saturated carbocycles. The molecule has 4 heteroatoms. The third-order valence-electron chi connectivity index (χ3n) is 4.68. The molecule has 1 aliphatic heterocycles. The molecule has 1 heterocycles. The average Bonchev–Trinajstić information content (AvgIpc) is 3.00. The van der Waals surface area contributed by atoms with Crippen molar-refractivity contribution in [2.45, 2.75) is 44.3 Å². The lowest BCUT2D eigenvalue weighted by atomic mass is 9.98. The molecule has 1 saturated heterocycles. The van der Waals surface area contributed by atoms with Crippen molar-refractivity contribution in [2.24, 2.45) is 5.92 Å². The molecular weight excluding hydrogens is 269 g/mol. The second-order valence-corrected chi connectivity index (χ2v) is 6.19. The van der Waals surface area contributed by atoms with E-state index in [0.29, 0.717) is 0 Å². The topological polar surface area (TPSA) is 30.5 Å². The largest absolute Gasteiger partial charge is 0.494 e. The van der Waals surface area contributed by atoms with E-state index in [1.165, 1.54) is 38.9 Å². The molecule has 1 aliphatic carbocycles. The zero-order valence-electron chi connectivity index (χ0n) is 12.6. The Kier molecular flexibility index (Phi) is 4.76. The van der Waals surface area contributed by atoms with E-state index in [4.69, 9.17) is 9.47 Å². The first-order valence-corrected chi connectivity index (χ1v) is 7.96. The molecule has 0 bridgehead atoms. The van der Waals surface area contributed by atoms with Crippen LogP contribution in [0, 0.1) is 11.7 Å². The van der Waals surface area contributed by atoms with Crippen LogP contribution < -0.4 is 10.1 Å². The molecule has 2 fully saturated rings. The Balaban J connectivity index is 1.63. The summed E-state index contributed by atoms with van der Waals surface area (Å²) >= 11 is 0. The summed E-state index contributed by atoms with van der Waals surface area (Å²) in [6, 6.07) is 5.10. The molecule has 0 amide bonds. The first-order chi connectivity index (χ1) is 10.3. The summed E-state index contributed by atoms with van der Waals surface area (Å²) in [5, 5.41) is 3.43. The van der Waals surface area contributed by atoms with E-state index in [1.54, 1.807) is 6.07 Å². The molecule has 0 aromatic heterocycles. The van der Waals surface area contributed by atoms with Crippen LogP contribution in [0.4, 0.5) is 4.39 Å². The molecule has 3 nitrogen and oxygen atoms in total. The standard InChI is InChI=1S/C17H24FNO2/c1-20-16-7-6-13(9-15(16)18)17-11-19-10-14(21-17)8-12-4-2-3-5-12/h6-7,9,12,14,17,19H,2-5,8,10-11H2,1H3. The van der Waals surface area contributed by atoms with Gasteiger partial charge in [0.05, 0.1) is 19.3 Å². The minimum atomic E-state index is -0.323. The van der Waals surface area contributed by atoms with E-state index < -0.39 is 0 Å². The number of nitrogens with one attached hydrogen (secondary N) is 1. The van der Waals surface area contributed by atoms with E-state index in [0.717, 1.165) is 31.0 Å². The number of methoxy groups -OCH3 is 1. The van der Waals surface area contributed by atoms with Gasteiger partial charge in [-0.15, -0.1) is 0 Å². The van der Waals surface area contributed by atoms with E-state index >= 15 is 0 Å². The fraction of sp³-hybridized carbons (Fsp3) is 0.647. The molecule has 21 heavy (non-hydrogen) atoms. The Bertz CT molecular complexity index is 474. The van der Waals surface area contributed by atoms with Crippen LogP contribution in [0.25, 0.3) is 0 Å². The zero-order chi connectivity index (χ0) is 14.7. The second kappa shape index (κ2) is 6.75. The van der Waals surface area contributed by atoms with Gasteiger partial charge in [0.1, 0.15) is 0 Å². The van der Waals surface area contributed by atoms with Gasteiger partial charge in [-0.25, -0.2) is 4.39 Å². The van der Waals surface area contributed by atoms with Crippen molar-refractivity contribution in [1.82, 2.24) is 5.32 Å². The van der Waals surface area contributed by atoms with Crippen molar-refractivity contribution in [3.05, 3.63) is 29.6 Å². The van der Waals surface area contributed by atoms with Gasteiger partial charge in [0.2, 0.25) is 0 Å². The highest BCUT2D eigenvalue weighted by atomic mass is 19.1. The summed E-state index contributed by atoms with van der Waals surface area (Å²) in [6.45, 7) is 1.65. The van der Waals surface area contributed by atoms with E-state index in [2.05, 4.69) is 5.32 Å². The molecule has 2 aliphatic rings. The summed E-state index contributed by atoms with van der Waals surface area (Å²) in [4.78, 5) is 0. The Morgan fingerprint density at radius 1 is 1.29 bits per heavy atom. The number of rotatable bonds is 4. The summed E-state index contributed by atoms with van der Waals surface area (Å²) in [5.74, 6) is 0.768. The number of hydrogen-bond donors (Lipinski definition) is 1. The molecule has 1 N–H and O–H groups in total. The maximum absolute atomic E-state index is 13.8. The predicted molar refractivity (Wildman–Crippen MR) is 80.0 cm³/mol. The van der Waals surface area contributed by atoms with Gasteiger partial charge in [0.25, 0.3) is 0 Å². The highest BCUT2D eigenvalue weighted by molar-refractivity contribution is 5.30. The van der Waals surface area contributed by atoms with Crippen molar-refractivity contribution in [1.29, 1.82) is 0 Å². The maximum atomic E-state index is 13.8. The number of halogens is 1. The lowest BCUT2D eigenvalue weighted by molar-refractivity contribution is -0.0490. The highest BCUT2D eigenvalue weighted by Crippen LogP contribution is 2.32. The van der Waals surface area contributed by atoms with Crippen molar-refractivity contribution in [3.8, 4) is 5.75 Å². The van der Waals surface area contributed by atoms with E-state index in [1.807, 2.05) is 6.07 Å². The van der Waals surface area contributed by atoms with Gasteiger partial charge in [-0.3, -0.25) is 0 Å². The van der Waals surface area contributed by atoms with Crippen LogP contribution in [0.2, 0.25) is 0 Å². The Morgan fingerprint density at radius 3 is 2.81 bits per heavy atom. The predicted octanol–water partition coefficient (Wildman–Crippen LogP) is 3.44. The summed E-state index contributed by atoms with van der Waals surface area (Å²) in [5.41, 5.74) is 0.886. The van der Waals surface area contributed by atoms with Crippen LogP contribution in [0.15, 0.2) is 18.2 Å². The zero-order valence-corrected chi connectivity index (χ0v) is 12.6. The van der Waals surface area contributed by atoms with Gasteiger partial charge >= 0.3 is 0 Å². The van der Waals surface area contributed by atoms with Crippen molar-refractivity contribution < 1.29 is 13.9 Å². The van der Waals surface area contributed by atoms with Crippen molar-refractivity contribution >= 4 is 0 Å². The van der Waals surface area contributed by atoms with Gasteiger partial charge in [-0.1, -0.05) is 31.7 Å². The molecule has 116 valence electrons. The highest BCUT2D eigenvalue weighted by Gasteiger charge is 2.27. The van der Waals surface area contributed by atoms with Crippen LogP contribution in [-0.2, 0) is 4.74 Å². The normalized spacial score (nSPS) is 27.0. The number of hydrogen-bond acceptors (Lipinski definition) is 3. The molecule has 0 spiro atoms. The van der Waals surface area contributed by atoms with E-state index in [-0.39, 0.29) is 23.8 Å². The molecule has 2 atom stereocenters. The minimum Gasteiger partial charge on any atom is -0.494 e. The summed E-state index contributed by atoms with van der Waals surface area (Å²) in [6.07, 6.45) is 6.70. The summed E-state index contributed by atoms with van der Waals surface area (Å²) in [7, 11) is 1.48. The monoisotopic (exact) mass is 293 g/mol. The Hall–Kier alpha value is -1.13. The smallest absolute Gasteiger partial charge is 0.165 e. The summed E-state index contributed by atoms with van der Waals surface area (Å²) < 4.78 is 25.0. The van der Waals surface area contributed by atoms with Gasteiger partial charge in [-0.2, -0.15) is 0 Å². The molecule has 2 unspecified atom stereocenters. The van der Waals surface area contributed by atoms with Gasteiger partial charge in [-0.05, 0) is 30.0 Å². The lowest BCUT2D eigenvalue weighted by Crippen LogP contribution is -2.41. The van der Waals surface area contributed by atoms with Gasteiger partial charge in [0.15, 0.2) is 11.6 Å². The number of morpholine rings is 1.